The summed E-state index contributed by atoms with van der Waals surface area (Å²) in [6.45, 7) is 1.97. The molecule has 30 heavy (non-hydrogen) atoms. The number of hydrogen-bond donors (Lipinski definition) is 0. The Morgan fingerprint density at radius 2 is 1.67 bits per heavy atom. The maximum Gasteiger partial charge on any atom is 0.282 e. The molecule has 0 bridgehead atoms. The number of nitrogens with zero attached hydrogens (tertiary/aromatic N) is 3. The van der Waals surface area contributed by atoms with E-state index in [1.165, 1.54) is 12.1 Å². The monoisotopic (exact) mass is 399 g/mol. The summed E-state index contributed by atoms with van der Waals surface area (Å²) < 4.78 is 13.4. The largest absolute Gasteiger partial charge is 0.378 e. The predicted molar refractivity (Wildman–Crippen MR) is 120 cm³/mol. The average molecular weight is 399 g/mol. The third-order valence-corrected chi connectivity index (χ3v) is 4.94. The van der Waals surface area contributed by atoms with Crippen LogP contribution in [0.2, 0.25) is 0 Å². The number of carbonyl (C=O) groups is 1. The molecule has 0 atom stereocenters. The van der Waals surface area contributed by atoms with E-state index in [1.54, 1.807) is 23.1 Å². The quantitative estimate of drug-likeness (QED) is 0.577. The lowest BCUT2D eigenvalue weighted by Gasteiger charge is -2.19. The van der Waals surface area contributed by atoms with Crippen LogP contribution in [0.5, 0.6) is 0 Å². The molecule has 0 N–H and O–H groups in total. The number of rotatable bonds is 4. The van der Waals surface area contributed by atoms with Crippen molar-refractivity contribution in [3.63, 3.8) is 0 Å². The van der Waals surface area contributed by atoms with Crippen LogP contribution in [0.4, 0.5) is 15.8 Å². The molecule has 1 amide bonds. The van der Waals surface area contributed by atoms with Crippen molar-refractivity contribution in [3.8, 4) is 0 Å². The van der Waals surface area contributed by atoms with Crippen LogP contribution in [0.25, 0.3) is 6.08 Å². The van der Waals surface area contributed by atoms with Crippen molar-refractivity contribution < 1.29 is 9.18 Å². The van der Waals surface area contributed by atoms with Crippen molar-refractivity contribution in [1.29, 1.82) is 0 Å². The Kier molecular flexibility index (Phi) is 5.19. The van der Waals surface area contributed by atoms with Crippen molar-refractivity contribution in [1.82, 2.24) is 0 Å². The molecule has 4 rings (SSSR count). The third-order valence-electron chi connectivity index (χ3n) is 4.94. The highest BCUT2D eigenvalue weighted by atomic mass is 19.1. The highest BCUT2D eigenvalue weighted by Crippen LogP contribution is 2.28. The zero-order chi connectivity index (χ0) is 21.3. The van der Waals surface area contributed by atoms with Gasteiger partial charge in [0.15, 0.2) is 0 Å². The van der Waals surface area contributed by atoms with E-state index in [0.717, 1.165) is 22.5 Å². The third kappa shape index (κ3) is 3.87. The molecule has 1 heterocycles. The van der Waals surface area contributed by atoms with Gasteiger partial charge in [-0.3, -0.25) is 9.69 Å². The molecule has 0 aromatic heterocycles. The Bertz CT molecular complexity index is 1150. The minimum Gasteiger partial charge on any atom is -0.378 e. The second kappa shape index (κ2) is 7.95. The van der Waals surface area contributed by atoms with Gasteiger partial charge in [0.2, 0.25) is 0 Å². The maximum absolute atomic E-state index is 13.4. The molecule has 0 unspecified atom stereocenters. The summed E-state index contributed by atoms with van der Waals surface area (Å²) in [4.78, 5) is 21.5. The van der Waals surface area contributed by atoms with E-state index < -0.39 is 0 Å². The first-order valence-electron chi connectivity index (χ1n) is 9.67. The Morgan fingerprint density at radius 1 is 0.967 bits per heavy atom. The zero-order valence-electron chi connectivity index (χ0n) is 17.1. The van der Waals surface area contributed by atoms with Gasteiger partial charge in [-0.2, -0.15) is 0 Å². The van der Waals surface area contributed by atoms with Crippen molar-refractivity contribution >= 4 is 29.2 Å². The Morgan fingerprint density at radius 3 is 2.30 bits per heavy atom. The van der Waals surface area contributed by atoms with E-state index >= 15 is 0 Å². The van der Waals surface area contributed by atoms with Crippen LogP contribution in [0, 0.1) is 12.7 Å². The molecule has 4 nitrogen and oxygen atoms in total. The van der Waals surface area contributed by atoms with Crippen molar-refractivity contribution in [2.45, 2.75) is 6.92 Å². The van der Waals surface area contributed by atoms with Gasteiger partial charge in [-0.15, -0.1) is 0 Å². The summed E-state index contributed by atoms with van der Waals surface area (Å²) in [5.74, 6) is -0.0547. The van der Waals surface area contributed by atoms with Crippen LogP contribution in [-0.2, 0) is 4.79 Å². The molecular formula is C25H22FN3O. The van der Waals surface area contributed by atoms with E-state index in [4.69, 9.17) is 0 Å². The second-order valence-corrected chi connectivity index (χ2v) is 7.44. The van der Waals surface area contributed by atoms with Crippen LogP contribution in [0.3, 0.4) is 0 Å². The fourth-order valence-corrected chi connectivity index (χ4v) is 3.34. The molecule has 1 aliphatic rings. The van der Waals surface area contributed by atoms with Gasteiger partial charge in [0.25, 0.3) is 5.91 Å². The first-order valence-corrected chi connectivity index (χ1v) is 9.67. The van der Waals surface area contributed by atoms with E-state index in [2.05, 4.69) is 4.99 Å². The van der Waals surface area contributed by atoms with Gasteiger partial charge in [0.05, 0.1) is 5.69 Å². The summed E-state index contributed by atoms with van der Waals surface area (Å²) in [5, 5.41) is 0. The lowest BCUT2D eigenvalue weighted by Crippen LogP contribution is -2.32. The summed E-state index contributed by atoms with van der Waals surface area (Å²) in [5.41, 5.74) is 4.75. The molecule has 3 aromatic carbocycles. The number of halogens is 1. The minimum absolute atomic E-state index is 0.211. The topological polar surface area (TPSA) is 35.9 Å². The van der Waals surface area contributed by atoms with Gasteiger partial charge >= 0.3 is 0 Å². The Hall–Kier alpha value is -3.73. The highest BCUT2D eigenvalue weighted by molar-refractivity contribution is 6.33. The first kappa shape index (κ1) is 19.6. The molecule has 0 saturated heterocycles. The number of amides is 1. The average Bonchev–Trinajstić information content (AvgIpc) is 3.05. The van der Waals surface area contributed by atoms with Gasteiger partial charge in [0.1, 0.15) is 17.3 Å². The van der Waals surface area contributed by atoms with Gasteiger partial charge in [0, 0.05) is 25.3 Å². The maximum atomic E-state index is 13.4. The summed E-state index contributed by atoms with van der Waals surface area (Å²) in [6, 6.07) is 21.6. The van der Waals surface area contributed by atoms with Crippen molar-refractivity contribution in [3.05, 3.63) is 101 Å². The number of aryl methyl sites for hydroxylation is 1. The fourth-order valence-electron chi connectivity index (χ4n) is 3.34. The molecule has 5 heteroatoms. The zero-order valence-corrected chi connectivity index (χ0v) is 17.1. The Balaban J connectivity index is 1.78. The Labute approximate surface area is 175 Å². The van der Waals surface area contributed by atoms with E-state index in [1.807, 2.05) is 74.4 Å². The lowest BCUT2D eigenvalue weighted by atomic mass is 10.1. The predicted octanol–water partition coefficient (Wildman–Crippen LogP) is 5.03. The molecule has 1 aliphatic heterocycles. The number of carbonyl (C=O) groups excluding carboxylic acids is 1. The van der Waals surface area contributed by atoms with E-state index in [9.17, 15) is 9.18 Å². The molecule has 0 aliphatic carbocycles. The SMILES string of the molecule is Cc1cccc(N2C(=O)/C(=C\c3ccc(N(C)C)cc3)N=C2c2ccc(F)cc2)c1. The van der Waals surface area contributed by atoms with Gasteiger partial charge < -0.3 is 4.90 Å². The molecule has 0 radical (unpaired) electrons. The van der Waals surface area contributed by atoms with Crippen molar-refractivity contribution in [2.24, 2.45) is 4.99 Å². The lowest BCUT2D eigenvalue weighted by molar-refractivity contribution is -0.113. The molecule has 150 valence electrons. The molecular weight excluding hydrogens is 377 g/mol. The molecule has 0 fully saturated rings. The first-order chi connectivity index (χ1) is 14.4. The van der Waals surface area contributed by atoms with Crippen LogP contribution >= 0.6 is 0 Å². The van der Waals surface area contributed by atoms with Gasteiger partial charge in [-0.25, -0.2) is 9.38 Å². The molecule has 0 spiro atoms. The smallest absolute Gasteiger partial charge is 0.282 e. The molecule has 3 aromatic rings. The summed E-state index contributed by atoms with van der Waals surface area (Å²) in [6.07, 6.45) is 1.78. The number of hydrogen-bond acceptors (Lipinski definition) is 3. The van der Waals surface area contributed by atoms with Gasteiger partial charge in [-0.1, -0.05) is 24.3 Å². The number of benzene rings is 3. The van der Waals surface area contributed by atoms with Crippen LogP contribution < -0.4 is 9.80 Å². The van der Waals surface area contributed by atoms with Crippen LogP contribution in [0.15, 0.2) is 83.5 Å². The number of anilines is 2. The van der Waals surface area contributed by atoms with Gasteiger partial charge in [-0.05, 0) is 72.7 Å². The summed E-state index contributed by atoms with van der Waals surface area (Å²) >= 11 is 0. The second-order valence-electron chi connectivity index (χ2n) is 7.44. The van der Waals surface area contributed by atoms with Crippen molar-refractivity contribution in [2.75, 3.05) is 23.9 Å². The van der Waals surface area contributed by atoms with E-state index in [0.29, 0.717) is 17.1 Å². The minimum atomic E-state index is -0.331. The number of amidine groups is 1. The number of aliphatic imine (C=N–C) groups is 1. The normalized spacial score (nSPS) is 14.9. The molecule has 0 saturated carbocycles. The standard InChI is InChI=1S/C25H22FN3O/c1-17-5-4-6-22(15-17)29-24(19-9-11-20(26)12-10-19)27-23(25(29)30)16-18-7-13-21(14-8-18)28(2)3/h4-16H,1-3H3/b23-16+. The summed E-state index contributed by atoms with van der Waals surface area (Å²) in [7, 11) is 3.96. The van der Waals surface area contributed by atoms with Crippen LogP contribution in [-0.4, -0.2) is 25.8 Å². The van der Waals surface area contributed by atoms with E-state index in [-0.39, 0.29) is 11.7 Å². The highest BCUT2D eigenvalue weighted by Gasteiger charge is 2.32. The fraction of sp³-hybridized carbons (Fsp3) is 0.120. The van der Waals surface area contributed by atoms with Crippen LogP contribution in [0.1, 0.15) is 16.7 Å².